The highest BCUT2D eigenvalue weighted by atomic mass is 28.4. The highest BCUT2D eigenvalue weighted by Gasteiger charge is 2.50. The summed E-state index contributed by atoms with van der Waals surface area (Å²) in [6.45, 7) is 23.1. The molecule has 7 nitrogen and oxygen atoms in total. The maximum Gasteiger partial charge on any atom is 0.305 e. The lowest BCUT2D eigenvalue weighted by Gasteiger charge is -2.43. The molecule has 4 atom stereocenters. The zero-order valence-electron chi connectivity index (χ0n) is 33.7. The maximum atomic E-state index is 11.9. The van der Waals surface area contributed by atoms with Crippen molar-refractivity contribution in [1.82, 2.24) is 0 Å². The van der Waals surface area contributed by atoms with Crippen molar-refractivity contribution in [2.75, 3.05) is 13.7 Å². The van der Waals surface area contributed by atoms with Crippen molar-refractivity contribution < 1.29 is 33.0 Å². The molecule has 0 aliphatic carbocycles. The third-order valence-corrected chi connectivity index (χ3v) is 20.5. The van der Waals surface area contributed by atoms with Crippen molar-refractivity contribution in [3.63, 3.8) is 0 Å². The van der Waals surface area contributed by atoms with E-state index >= 15 is 0 Å². The summed E-state index contributed by atoms with van der Waals surface area (Å²) in [5.41, 5.74) is 2.18. The molecule has 290 valence electrons. The SMILES string of the molecule is C=C1C[C@H](CC(CC(=O)O)O[Si](C)(C)C(C)(C)C)O[C@H](CC(CCO[Si](c2ccccc2)(c2ccccc2)C(C)(C)C)OCc2ccc(OC)cc2)C1. The van der Waals surface area contributed by atoms with Crippen LogP contribution in [0, 0.1) is 0 Å². The van der Waals surface area contributed by atoms with Crippen LogP contribution >= 0.6 is 0 Å². The first kappa shape index (κ1) is 42.7. The van der Waals surface area contributed by atoms with E-state index in [1.807, 2.05) is 24.3 Å². The van der Waals surface area contributed by atoms with E-state index in [9.17, 15) is 9.90 Å². The van der Waals surface area contributed by atoms with Crippen molar-refractivity contribution >= 4 is 33.0 Å². The molecule has 0 aromatic heterocycles. The van der Waals surface area contributed by atoms with Gasteiger partial charge in [0.05, 0.1) is 44.6 Å². The first-order valence-corrected chi connectivity index (χ1v) is 24.0. The van der Waals surface area contributed by atoms with Crippen LogP contribution in [0.2, 0.25) is 23.2 Å². The molecule has 1 saturated heterocycles. The number of carbonyl (C=O) groups is 1. The minimum absolute atomic E-state index is 0.0335. The molecule has 0 amide bonds. The van der Waals surface area contributed by atoms with Crippen LogP contribution in [0.15, 0.2) is 97.1 Å². The van der Waals surface area contributed by atoms with Gasteiger partial charge in [0.25, 0.3) is 8.32 Å². The van der Waals surface area contributed by atoms with Gasteiger partial charge in [0.2, 0.25) is 0 Å². The van der Waals surface area contributed by atoms with Crippen LogP contribution in [0.4, 0.5) is 0 Å². The van der Waals surface area contributed by atoms with Crippen molar-refractivity contribution in [1.29, 1.82) is 0 Å². The Morgan fingerprint density at radius 1 is 0.830 bits per heavy atom. The van der Waals surface area contributed by atoms with Gasteiger partial charge in [0.1, 0.15) is 5.75 Å². The number of aliphatic carboxylic acids is 1. The lowest BCUT2D eigenvalue weighted by molar-refractivity contribution is -0.139. The zero-order valence-corrected chi connectivity index (χ0v) is 35.7. The molecular weight excluding hydrogens is 697 g/mol. The predicted molar refractivity (Wildman–Crippen MR) is 220 cm³/mol. The average Bonchev–Trinajstić information content (AvgIpc) is 3.08. The Morgan fingerprint density at radius 3 is 1.83 bits per heavy atom. The smallest absolute Gasteiger partial charge is 0.305 e. The summed E-state index contributed by atoms with van der Waals surface area (Å²) >= 11 is 0. The molecule has 1 fully saturated rings. The second kappa shape index (κ2) is 18.5. The van der Waals surface area contributed by atoms with Crippen molar-refractivity contribution in [3.8, 4) is 5.75 Å². The van der Waals surface area contributed by atoms with Crippen LogP contribution in [0.5, 0.6) is 5.75 Å². The van der Waals surface area contributed by atoms with Crippen LogP contribution in [-0.2, 0) is 29.7 Å². The second-order valence-corrected chi connectivity index (χ2v) is 26.3. The molecule has 1 N–H and O–H groups in total. The van der Waals surface area contributed by atoms with E-state index < -0.39 is 28.7 Å². The fraction of sp³-hybridized carbons (Fsp3) is 0.523. The van der Waals surface area contributed by atoms with E-state index in [1.54, 1.807) is 7.11 Å². The van der Waals surface area contributed by atoms with Gasteiger partial charge in [-0.3, -0.25) is 4.79 Å². The van der Waals surface area contributed by atoms with Crippen LogP contribution in [-0.4, -0.2) is 65.8 Å². The standard InChI is InChI=1S/C44H64O7Si2/c1-33-27-37(50-38(28-33)30-39(31-42(45)46)51-52(9,10)43(2,3)4)29-36(48-32-34-21-23-35(47-8)24-22-34)25-26-49-53(44(5,6)7,40-17-13-11-14-18-40)41-19-15-12-16-20-41/h11-24,36-39H,1,25-32H2,2-10H3,(H,45,46)/t36?,37-,38+,39?/m0/s1. The monoisotopic (exact) mass is 760 g/mol. The van der Waals surface area contributed by atoms with Crippen molar-refractivity contribution in [3.05, 3.63) is 103 Å². The Balaban J connectivity index is 1.56. The van der Waals surface area contributed by atoms with Gasteiger partial charge in [-0.05, 0) is 76.9 Å². The van der Waals surface area contributed by atoms with Crippen LogP contribution in [0.1, 0.15) is 85.6 Å². The highest BCUT2D eigenvalue weighted by molar-refractivity contribution is 6.99. The highest BCUT2D eigenvalue weighted by Crippen LogP contribution is 2.40. The Labute approximate surface area is 321 Å². The quantitative estimate of drug-likeness (QED) is 0.102. The Morgan fingerprint density at radius 2 is 1.36 bits per heavy atom. The van der Waals surface area contributed by atoms with Crippen LogP contribution in [0.25, 0.3) is 0 Å². The first-order chi connectivity index (χ1) is 24.9. The van der Waals surface area contributed by atoms with E-state index in [4.69, 9.17) is 23.1 Å². The molecule has 3 aromatic carbocycles. The summed E-state index contributed by atoms with van der Waals surface area (Å²) in [6.07, 6.45) is 2.40. The molecule has 9 heteroatoms. The fourth-order valence-electron chi connectivity index (χ4n) is 7.23. The number of hydrogen-bond acceptors (Lipinski definition) is 6. The van der Waals surface area contributed by atoms with Crippen LogP contribution < -0.4 is 15.1 Å². The van der Waals surface area contributed by atoms with E-state index in [0.29, 0.717) is 38.9 Å². The fourth-order valence-corrected chi connectivity index (χ4v) is 13.2. The predicted octanol–water partition coefficient (Wildman–Crippen LogP) is 9.30. The molecule has 1 aliphatic rings. The Hall–Kier alpha value is -3.06. The number of benzene rings is 3. The third-order valence-electron chi connectivity index (χ3n) is 11.0. The van der Waals surface area contributed by atoms with Crippen LogP contribution in [0.3, 0.4) is 0 Å². The molecule has 3 aromatic rings. The van der Waals surface area contributed by atoms with Crippen molar-refractivity contribution in [2.45, 2.75) is 134 Å². The number of methoxy groups -OCH3 is 1. The maximum absolute atomic E-state index is 11.9. The lowest BCUT2D eigenvalue weighted by Crippen LogP contribution is -2.66. The van der Waals surface area contributed by atoms with Gasteiger partial charge in [-0.1, -0.05) is 126 Å². The third kappa shape index (κ3) is 11.7. The topological polar surface area (TPSA) is 83.5 Å². The van der Waals surface area contributed by atoms with E-state index in [2.05, 4.69) is 122 Å². The van der Waals surface area contributed by atoms with Gasteiger partial charge in [0, 0.05) is 13.0 Å². The molecule has 1 aliphatic heterocycles. The molecule has 1 heterocycles. The van der Waals surface area contributed by atoms with E-state index in [-0.39, 0.29) is 34.8 Å². The Kier molecular flexibility index (Phi) is 14.9. The number of carboxylic acids is 1. The molecule has 0 bridgehead atoms. The molecule has 0 saturated carbocycles. The molecular formula is C44H64O7Si2. The zero-order chi connectivity index (χ0) is 38.9. The van der Waals surface area contributed by atoms with E-state index in [0.717, 1.165) is 23.3 Å². The molecule has 4 rings (SSSR count). The van der Waals surface area contributed by atoms with Gasteiger partial charge in [-0.15, -0.1) is 0 Å². The van der Waals surface area contributed by atoms with Gasteiger partial charge >= 0.3 is 5.97 Å². The van der Waals surface area contributed by atoms with Gasteiger partial charge in [-0.2, -0.15) is 0 Å². The van der Waals surface area contributed by atoms with E-state index in [1.165, 1.54) is 10.4 Å². The minimum atomic E-state index is -2.73. The number of hydrogen-bond donors (Lipinski definition) is 1. The largest absolute Gasteiger partial charge is 0.497 e. The molecule has 53 heavy (non-hydrogen) atoms. The van der Waals surface area contributed by atoms with Crippen molar-refractivity contribution in [2.24, 2.45) is 0 Å². The average molecular weight is 761 g/mol. The van der Waals surface area contributed by atoms with Gasteiger partial charge in [0.15, 0.2) is 8.32 Å². The summed E-state index contributed by atoms with van der Waals surface area (Å²) in [4.78, 5) is 11.9. The number of carboxylic acid groups (broad SMARTS) is 1. The normalized spacial score (nSPS) is 18.4. The molecule has 2 unspecified atom stereocenters. The second-order valence-electron chi connectivity index (χ2n) is 17.2. The summed E-state index contributed by atoms with van der Waals surface area (Å²) in [5.74, 6) is -0.0457. The first-order valence-electron chi connectivity index (χ1n) is 19.1. The summed E-state index contributed by atoms with van der Waals surface area (Å²) in [7, 11) is -3.26. The lowest BCUT2D eigenvalue weighted by atomic mass is 9.92. The Bertz CT molecular complexity index is 1540. The number of ether oxygens (including phenoxy) is 3. The van der Waals surface area contributed by atoms with Gasteiger partial charge < -0.3 is 28.2 Å². The summed E-state index contributed by atoms with van der Waals surface area (Å²) in [6, 6.07) is 29.4. The summed E-state index contributed by atoms with van der Waals surface area (Å²) < 4.78 is 32.8. The molecule has 0 spiro atoms. The minimum Gasteiger partial charge on any atom is -0.497 e. The molecule has 0 radical (unpaired) electrons. The number of rotatable bonds is 18. The summed E-state index contributed by atoms with van der Waals surface area (Å²) in [5, 5.41) is 12.1. The van der Waals surface area contributed by atoms with Gasteiger partial charge in [-0.25, -0.2) is 0 Å².